The summed E-state index contributed by atoms with van der Waals surface area (Å²) in [6.45, 7) is 0. The average molecular weight is 257 g/mol. The van der Waals surface area contributed by atoms with Crippen LogP contribution in [0.5, 0.6) is 5.75 Å². The van der Waals surface area contributed by atoms with E-state index in [4.69, 9.17) is 10.5 Å². The first-order valence-electron chi connectivity index (χ1n) is 4.99. The van der Waals surface area contributed by atoms with E-state index in [1.807, 2.05) is 0 Å². The Kier molecular flexibility index (Phi) is 2.90. The van der Waals surface area contributed by atoms with Crippen LogP contribution in [-0.2, 0) is 6.18 Å². The molecule has 4 nitrogen and oxygen atoms in total. The van der Waals surface area contributed by atoms with E-state index in [2.05, 4.69) is 5.10 Å². The zero-order valence-corrected chi connectivity index (χ0v) is 9.40. The first-order valence-corrected chi connectivity index (χ1v) is 4.99. The van der Waals surface area contributed by atoms with Gasteiger partial charge in [-0.3, -0.25) is 0 Å². The highest BCUT2D eigenvalue weighted by Gasteiger charge is 2.36. The standard InChI is InChI=1S/C11H10F3N3O/c1-18-8-4-2-3-7(5-8)17-9(11(12,13)14)6-10(15)16-17/h2-6H,1H3,(H2,15,16). The van der Waals surface area contributed by atoms with E-state index >= 15 is 0 Å². The summed E-state index contributed by atoms with van der Waals surface area (Å²) in [6, 6.07) is 6.93. The van der Waals surface area contributed by atoms with E-state index in [9.17, 15) is 13.2 Å². The molecule has 0 saturated carbocycles. The second-order valence-corrected chi connectivity index (χ2v) is 3.57. The molecule has 0 saturated heterocycles. The molecule has 0 aliphatic rings. The van der Waals surface area contributed by atoms with Crippen LogP contribution in [0.2, 0.25) is 0 Å². The zero-order chi connectivity index (χ0) is 13.3. The monoisotopic (exact) mass is 257 g/mol. The summed E-state index contributed by atoms with van der Waals surface area (Å²) in [5.41, 5.74) is 4.63. The molecule has 2 N–H and O–H groups in total. The minimum Gasteiger partial charge on any atom is -0.497 e. The van der Waals surface area contributed by atoms with Crippen LogP contribution in [0.15, 0.2) is 30.3 Å². The smallest absolute Gasteiger partial charge is 0.433 e. The summed E-state index contributed by atoms with van der Waals surface area (Å²) in [5, 5.41) is 3.64. The van der Waals surface area contributed by atoms with E-state index in [1.165, 1.54) is 19.2 Å². The number of halogens is 3. The summed E-state index contributed by atoms with van der Waals surface area (Å²) < 4.78 is 44.0. The number of nitrogens with two attached hydrogens (primary N) is 1. The lowest BCUT2D eigenvalue weighted by atomic mass is 10.3. The van der Waals surface area contributed by atoms with Crippen molar-refractivity contribution < 1.29 is 17.9 Å². The van der Waals surface area contributed by atoms with Crippen molar-refractivity contribution in [2.24, 2.45) is 0 Å². The van der Waals surface area contributed by atoms with E-state index in [0.717, 1.165) is 10.7 Å². The third-order valence-electron chi connectivity index (χ3n) is 2.32. The van der Waals surface area contributed by atoms with Gasteiger partial charge in [0.05, 0.1) is 12.8 Å². The molecule has 0 unspecified atom stereocenters. The fourth-order valence-electron chi connectivity index (χ4n) is 1.54. The van der Waals surface area contributed by atoms with Gasteiger partial charge in [0.2, 0.25) is 0 Å². The summed E-state index contributed by atoms with van der Waals surface area (Å²) in [4.78, 5) is 0. The van der Waals surface area contributed by atoms with Gasteiger partial charge in [-0.1, -0.05) is 6.07 Å². The Morgan fingerprint density at radius 3 is 2.61 bits per heavy atom. The highest BCUT2D eigenvalue weighted by molar-refractivity contribution is 5.43. The van der Waals surface area contributed by atoms with Crippen molar-refractivity contribution in [2.75, 3.05) is 12.8 Å². The molecule has 1 aromatic heterocycles. The lowest BCUT2D eigenvalue weighted by Crippen LogP contribution is -2.13. The molecule has 1 heterocycles. The van der Waals surface area contributed by atoms with Crippen molar-refractivity contribution in [3.63, 3.8) is 0 Å². The molecule has 7 heteroatoms. The van der Waals surface area contributed by atoms with Crippen LogP contribution in [0.25, 0.3) is 5.69 Å². The maximum absolute atomic E-state index is 12.8. The fourth-order valence-corrected chi connectivity index (χ4v) is 1.54. The van der Waals surface area contributed by atoms with Gasteiger partial charge in [0.1, 0.15) is 17.3 Å². The maximum atomic E-state index is 12.8. The number of ether oxygens (including phenoxy) is 1. The number of hydrogen-bond donors (Lipinski definition) is 1. The van der Waals surface area contributed by atoms with Gasteiger partial charge < -0.3 is 10.5 Å². The Labute approximate surface area is 101 Å². The van der Waals surface area contributed by atoms with E-state index < -0.39 is 11.9 Å². The summed E-state index contributed by atoms with van der Waals surface area (Å²) >= 11 is 0. The number of nitrogens with zero attached hydrogens (tertiary/aromatic N) is 2. The first kappa shape index (κ1) is 12.3. The molecule has 0 bridgehead atoms. The highest BCUT2D eigenvalue weighted by Crippen LogP contribution is 2.32. The molecular formula is C11H10F3N3O. The Morgan fingerprint density at radius 1 is 1.28 bits per heavy atom. The lowest BCUT2D eigenvalue weighted by Gasteiger charge is -2.10. The number of aromatic nitrogens is 2. The van der Waals surface area contributed by atoms with Gasteiger partial charge in [-0.05, 0) is 12.1 Å². The molecule has 0 radical (unpaired) electrons. The third-order valence-corrected chi connectivity index (χ3v) is 2.32. The predicted octanol–water partition coefficient (Wildman–Crippen LogP) is 2.48. The fraction of sp³-hybridized carbons (Fsp3) is 0.182. The Bertz CT molecular complexity index is 563. The minimum atomic E-state index is -4.52. The van der Waals surface area contributed by atoms with Crippen LogP contribution < -0.4 is 10.5 Å². The molecule has 18 heavy (non-hydrogen) atoms. The molecule has 0 aliphatic heterocycles. The maximum Gasteiger partial charge on any atom is 0.433 e. The zero-order valence-electron chi connectivity index (χ0n) is 9.40. The van der Waals surface area contributed by atoms with Crippen LogP contribution in [0, 0.1) is 0 Å². The van der Waals surface area contributed by atoms with E-state index in [0.29, 0.717) is 5.75 Å². The Morgan fingerprint density at radius 2 is 2.00 bits per heavy atom. The number of benzene rings is 1. The first-order chi connectivity index (χ1) is 8.41. The number of hydrogen-bond acceptors (Lipinski definition) is 3. The average Bonchev–Trinajstić information content (AvgIpc) is 2.71. The van der Waals surface area contributed by atoms with Crippen molar-refractivity contribution in [1.82, 2.24) is 9.78 Å². The number of rotatable bonds is 2. The van der Waals surface area contributed by atoms with Crippen molar-refractivity contribution >= 4 is 5.82 Å². The topological polar surface area (TPSA) is 53.1 Å². The van der Waals surface area contributed by atoms with E-state index in [-0.39, 0.29) is 11.5 Å². The molecule has 0 aliphatic carbocycles. The third kappa shape index (κ3) is 2.24. The Hall–Kier alpha value is -2.18. The van der Waals surface area contributed by atoms with Crippen molar-refractivity contribution in [3.8, 4) is 11.4 Å². The molecule has 96 valence electrons. The van der Waals surface area contributed by atoms with Gasteiger partial charge >= 0.3 is 6.18 Å². The summed E-state index contributed by atoms with van der Waals surface area (Å²) in [6.07, 6.45) is -4.52. The molecular weight excluding hydrogens is 247 g/mol. The molecule has 0 amide bonds. The highest BCUT2D eigenvalue weighted by atomic mass is 19.4. The molecule has 0 fully saturated rings. The molecule has 0 atom stereocenters. The number of alkyl halides is 3. The van der Waals surface area contributed by atoms with Gasteiger partial charge in [0.25, 0.3) is 0 Å². The SMILES string of the molecule is COc1cccc(-n2nc(N)cc2C(F)(F)F)c1. The lowest BCUT2D eigenvalue weighted by molar-refractivity contribution is -0.142. The number of nitrogen functional groups attached to an aromatic ring is 1. The van der Waals surface area contributed by atoms with Crippen molar-refractivity contribution in [2.45, 2.75) is 6.18 Å². The Balaban J connectivity index is 2.56. The summed E-state index contributed by atoms with van der Waals surface area (Å²) in [7, 11) is 1.43. The quantitative estimate of drug-likeness (QED) is 0.899. The van der Waals surface area contributed by atoms with Crippen LogP contribution in [0.4, 0.5) is 19.0 Å². The second-order valence-electron chi connectivity index (χ2n) is 3.57. The number of methoxy groups -OCH3 is 1. The van der Waals surface area contributed by atoms with Crippen LogP contribution in [-0.4, -0.2) is 16.9 Å². The van der Waals surface area contributed by atoms with Gasteiger partial charge in [0, 0.05) is 12.1 Å². The predicted molar refractivity (Wildman–Crippen MR) is 59.5 cm³/mol. The largest absolute Gasteiger partial charge is 0.497 e. The van der Waals surface area contributed by atoms with Crippen molar-refractivity contribution in [3.05, 3.63) is 36.0 Å². The molecule has 2 rings (SSSR count). The van der Waals surface area contributed by atoms with Gasteiger partial charge in [-0.15, -0.1) is 0 Å². The molecule has 2 aromatic rings. The van der Waals surface area contributed by atoms with Crippen LogP contribution in [0.3, 0.4) is 0 Å². The molecule has 0 spiro atoms. The van der Waals surface area contributed by atoms with Gasteiger partial charge in [-0.25, -0.2) is 4.68 Å². The summed E-state index contributed by atoms with van der Waals surface area (Å²) in [5.74, 6) is 0.250. The normalized spacial score (nSPS) is 11.6. The van der Waals surface area contributed by atoms with Crippen LogP contribution in [0.1, 0.15) is 5.69 Å². The van der Waals surface area contributed by atoms with Gasteiger partial charge in [-0.2, -0.15) is 18.3 Å². The van der Waals surface area contributed by atoms with E-state index in [1.54, 1.807) is 12.1 Å². The van der Waals surface area contributed by atoms with Crippen LogP contribution >= 0.6 is 0 Å². The van der Waals surface area contributed by atoms with Crippen molar-refractivity contribution in [1.29, 1.82) is 0 Å². The van der Waals surface area contributed by atoms with Gasteiger partial charge in [0.15, 0.2) is 0 Å². The minimum absolute atomic E-state index is 0.190. The molecule has 1 aromatic carbocycles. The number of anilines is 1. The second kappa shape index (κ2) is 4.25.